The number of anilines is 1. The predicted octanol–water partition coefficient (Wildman–Crippen LogP) is 4.54. The predicted molar refractivity (Wildman–Crippen MR) is 105 cm³/mol. The van der Waals surface area contributed by atoms with E-state index in [1.165, 1.54) is 10.9 Å². The summed E-state index contributed by atoms with van der Waals surface area (Å²) in [7, 11) is 0. The second kappa shape index (κ2) is 7.66. The highest BCUT2D eigenvalue weighted by atomic mass is 19.4. The zero-order valence-corrected chi connectivity index (χ0v) is 16.7. The topological polar surface area (TPSA) is 67.5 Å². The van der Waals surface area contributed by atoms with E-state index in [0.717, 1.165) is 17.4 Å². The molecule has 3 aromatic heterocycles. The minimum Gasteiger partial charge on any atom is -0.324 e. The number of alkyl halides is 3. The number of piperidine rings is 1. The molecule has 1 N–H and O–H groups in total. The Bertz CT molecular complexity index is 1050. The lowest BCUT2D eigenvalue weighted by molar-refractivity contribution is -0.141. The fourth-order valence-electron chi connectivity index (χ4n) is 3.75. The van der Waals surface area contributed by atoms with Gasteiger partial charge in [0.2, 0.25) is 0 Å². The van der Waals surface area contributed by atoms with Crippen molar-refractivity contribution in [3.63, 3.8) is 0 Å². The van der Waals surface area contributed by atoms with Gasteiger partial charge in [-0.1, -0.05) is 19.9 Å². The van der Waals surface area contributed by atoms with E-state index in [9.17, 15) is 18.0 Å². The smallest absolute Gasteiger partial charge is 0.324 e. The van der Waals surface area contributed by atoms with Gasteiger partial charge in [0.05, 0.1) is 11.7 Å². The summed E-state index contributed by atoms with van der Waals surface area (Å²) in [5, 5.41) is 6.64. The Morgan fingerprint density at radius 2 is 1.90 bits per heavy atom. The number of aromatic nitrogens is 4. The van der Waals surface area contributed by atoms with Gasteiger partial charge in [0, 0.05) is 25.5 Å². The van der Waals surface area contributed by atoms with Crippen LogP contribution in [0.25, 0.3) is 5.65 Å². The summed E-state index contributed by atoms with van der Waals surface area (Å²) in [6.45, 7) is 4.90. The third-order valence-electron chi connectivity index (χ3n) is 5.35. The van der Waals surface area contributed by atoms with Crippen LogP contribution < -0.4 is 5.32 Å². The molecule has 2 amide bonds. The summed E-state index contributed by atoms with van der Waals surface area (Å²) in [6, 6.07) is 6.23. The molecule has 0 aliphatic carbocycles. The lowest BCUT2D eigenvalue weighted by atomic mass is 10.1. The van der Waals surface area contributed by atoms with E-state index in [1.807, 2.05) is 42.6 Å². The first kappa shape index (κ1) is 20.2. The van der Waals surface area contributed by atoms with Gasteiger partial charge in [-0.05, 0) is 37.0 Å². The summed E-state index contributed by atoms with van der Waals surface area (Å²) in [4.78, 5) is 19.2. The maximum Gasteiger partial charge on any atom is 0.435 e. The lowest BCUT2D eigenvalue weighted by Gasteiger charge is -2.32. The Kier molecular flexibility index (Phi) is 5.17. The summed E-state index contributed by atoms with van der Waals surface area (Å²) in [5.41, 5.74) is 0.673. The van der Waals surface area contributed by atoms with Crippen LogP contribution in [0.5, 0.6) is 0 Å². The monoisotopic (exact) mass is 420 g/mol. The van der Waals surface area contributed by atoms with Crippen LogP contribution in [0.1, 0.15) is 50.0 Å². The largest absolute Gasteiger partial charge is 0.435 e. The number of nitrogens with zero attached hydrogens (tertiary/aromatic N) is 5. The Morgan fingerprint density at radius 3 is 2.53 bits per heavy atom. The average Bonchev–Trinajstić information content (AvgIpc) is 3.34. The van der Waals surface area contributed by atoms with Gasteiger partial charge < -0.3 is 4.90 Å². The third kappa shape index (κ3) is 3.86. The van der Waals surface area contributed by atoms with Crippen molar-refractivity contribution in [2.24, 2.45) is 0 Å². The van der Waals surface area contributed by atoms with Gasteiger partial charge in [0.15, 0.2) is 5.69 Å². The quantitative estimate of drug-likeness (QED) is 0.676. The highest BCUT2D eigenvalue weighted by Crippen LogP contribution is 2.30. The van der Waals surface area contributed by atoms with Gasteiger partial charge in [-0.2, -0.15) is 18.3 Å². The molecule has 1 saturated heterocycles. The van der Waals surface area contributed by atoms with Gasteiger partial charge in [-0.15, -0.1) is 0 Å². The number of imidazole rings is 1. The Labute approximate surface area is 171 Å². The molecule has 160 valence electrons. The molecule has 1 fully saturated rings. The van der Waals surface area contributed by atoms with E-state index < -0.39 is 11.9 Å². The molecule has 0 saturated carbocycles. The number of fused-ring (bicyclic) bond motifs is 1. The molecule has 1 aliphatic rings. The molecule has 0 aromatic carbocycles. The number of hydrogen-bond acceptors (Lipinski definition) is 3. The number of carbonyl (C=O) groups is 1. The number of hydrogen-bond donors (Lipinski definition) is 1. The number of rotatable bonds is 3. The first-order valence-electron chi connectivity index (χ1n) is 9.89. The Balaban J connectivity index is 1.44. The molecule has 10 heteroatoms. The summed E-state index contributed by atoms with van der Waals surface area (Å²) in [5.74, 6) is 0.781. The van der Waals surface area contributed by atoms with Crippen LogP contribution in [0.4, 0.5) is 23.8 Å². The number of nitrogens with one attached hydrogen (secondary N) is 1. The van der Waals surface area contributed by atoms with Crippen LogP contribution in [-0.4, -0.2) is 43.2 Å². The molecule has 3 aromatic rings. The van der Waals surface area contributed by atoms with E-state index in [0.29, 0.717) is 31.7 Å². The SMILES string of the molecule is CC(C)c1nc2ccccn2c1NC(=O)N1CCC(n2ccc(C(F)(F)F)n2)CC1. The molecule has 4 rings (SSSR count). The standard InChI is InChI=1S/C20H23F3N6O/c1-13(2)17-18(28-9-4-3-5-16(28)24-17)25-19(30)27-10-6-14(7-11-27)29-12-8-15(26-29)20(21,22)23/h3-5,8-9,12-14H,6-7,10-11H2,1-2H3,(H,25,30). The van der Waals surface area contributed by atoms with E-state index in [2.05, 4.69) is 15.4 Å². The Hall–Kier alpha value is -3.04. The van der Waals surface area contributed by atoms with E-state index in [4.69, 9.17) is 0 Å². The minimum absolute atomic E-state index is 0.133. The lowest BCUT2D eigenvalue weighted by Crippen LogP contribution is -2.41. The number of pyridine rings is 1. The molecule has 7 nitrogen and oxygen atoms in total. The number of urea groups is 1. The highest BCUT2D eigenvalue weighted by molar-refractivity contribution is 5.89. The van der Waals surface area contributed by atoms with E-state index in [-0.39, 0.29) is 18.0 Å². The molecular weight excluding hydrogens is 397 g/mol. The van der Waals surface area contributed by atoms with Crippen LogP contribution in [0.15, 0.2) is 36.7 Å². The average molecular weight is 420 g/mol. The van der Waals surface area contributed by atoms with Crippen molar-refractivity contribution in [1.82, 2.24) is 24.1 Å². The van der Waals surface area contributed by atoms with Crippen LogP contribution >= 0.6 is 0 Å². The van der Waals surface area contributed by atoms with Crippen molar-refractivity contribution in [3.05, 3.63) is 48.0 Å². The summed E-state index contributed by atoms with van der Waals surface area (Å²) < 4.78 is 41.5. The van der Waals surface area contributed by atoms with Crippen molar-refractivity contribution in [2.75, 3.05) is 18.4 Å². The zero-order valence-electron chi connectivity index (χ0n) is 16.7. The van der Waals surface area contributed by atoms with Gasteiger partial charge in [-0.3, -0.25) is 14.4 Å². The van der Waals surface area contributed by atoms with E-state index >= 15 is 0 Å². The number of halogens is 3. The molecular formula is C20H23F3N6O. The third-order valence-corrected chi connectivity index (χ3v) is 5.35. The van der Waals surface area contributed by atoms with Crippen molar-refractivity contribution < 1.29 is 18.0 Å². The molecule has 1 aliphatic heterocycles. The second-order valence-electron chi connectivity index (χ2n) is 7.76. The fourth-order valence-corrected chi connectivity index (χ4v) is 3.75. The maximum atomic E-state index is 12.9. The first-order valence-corrected chi connectivity index (χ1v) is 9.89. The van der Waals surface area contributed by atoms with Crippen LogP contribution in [0.3, 0.4) is 0 Å². The van der Waals surface area contributed by atoms with Crippen molar-refractivity contribution in [2.45, 2.75) is 44.8 Å². The number of likely N-dealkylation sites (tertiary alicyclic amines) is 1. The molecule has 0 atom stereocenters. The van der Waals surface area contributed by atoms with Gasteiger partial charge in [0.25, 0.3) is 0 Å². The molecule has 0 bridgehead atoms. The second-order valence-corrected chi connectivity index (χ2v) is 7.76. The summed E-state index contributed by atoms with van der Waals surface area (Å²) in [6.07, 6.45) is -0.163. The molecule has 30 heavy (non-hydrogen) atoms. The van der Waals surface area contributed by atoms with Crippen LogP contribution in [0.2, 0.25) is 0 Å². The fraction of sp³-hybridized carbons (Fsp3) is 0.450. The maximum absolute atomic E-state index is 12.9. The minimum atomic E-state index is -4.45. The van der Waals surface area contributed by atoms with Crippen LogP contribution in [0, 0.1) is 0 Å². The first-order chi connectivity index (χ1) is 14.2. The normalized spacial score (nSPS) is 15.9. The van der Waals surface area contributed by atoms with Crippen molar-refractivity contribution >= 4 is 17.5 Å². The number of carbonyl (C=O) groups excluding carboxylic acids is 1. The number of amides is 2. The molecule has 0 unspecified atom stereocenters. The van der Waals surface area contributed by atoms with E-state index in [1.54, 1.807) is 4.90 Å². The van der Waals surface area contributed by atoms with Crippen molar-refractivity contribution in [1.29, 1.82) is 0 Å². The van der Waals surface area contributed by atoms with Gasteiger partial charge >= 0.3 is 12.2 Å². The summed E-state index contributed by atoms with van der Waals surface area (Å²) >= 11 is 0. The molecule has 0 spiro atoms. The molecule has 0 radical (unpaired) electrons. The zero-order chi connectivity index (χ0) is 21.5. The Morgan fingerprint density at radius 1 is 1.17 bits per heavy atom. The van der Waals surface area contributed by atoms with Gasteiger partial charge in [-0.25, -0.2) is 9.78 Å². The highest BCUT2D eigenvalue weighted by Gasteiger charge is 2.34. The van der Waals surface area contributed by atoms with Gasteiger partial charge in [0.1, 0.15) is 11.5 Å². The van der Waals surface area contributed by atoms with Crippen LogP contribution in [-0.2, 0) is 6.18 Å². The van der Waals surface area contributed by atoms with Crippen molar-refractivity contribution in [3.8, 4) is 0 Å². The molecule has 4 heterocycles.